The zero-order valence-corrected chi connectivity index (χ0v) is 33.9. The van der Waals surface area contributed by atoms with Crippen LogP contribution in [0.4, 0.5) is 0 Å². The van der Waals surface area contributed by atoms with Crippen LogP contribution < -0.4 is 21.4 Å². The van der Waals surface area contributed by atoms with Gasteiger partial charge >= 0.3 is 0 Å². The van der Waals surface area contributed by atoms with Gasteiger partial charge in [0, 0.05) is 72.7 Å². The summed E-state index contributed by atoms with van der Waals surface area (Å²) in [4.78, 5) is 38.9. The standard InChI is InChI=1S/C17H19BrN2O3S.C16H18BrN3O3.HI.H3N/c1-20-14(21)17(19-15(20)24-2)10-16(5-7-22-8-6-16)23-13-4-3-11(18)9-12(13)17;1-20-13(21)16(19-14(20)18)9-15(4-6-22-7-5-15)23-12-3-2-10(17)8-11(12)16;;/h3-4,9H,5-8,10H2,1-2H3;2-3,8H,4-7,9H2,1H3,(H2,18,19);1H;1H3. The maximum absolute atomic E-state index is 13.2. The third-order valence-corrected chi connectivity index (χ3v) is 11.8. The molecule has 8 rings (SSSR count). The van der Waals surface area contributed by atoms with Gasteiger partial charge in [-0.3, -0.25) is 19.4 Å². The van der Waals surface area contributed by atoms with Crippen LogP contribution in [0.25, 0.3) is 0 Å². The summed E-state index contributed by atoms with van der Waals surface area (Å²) in [6, 6.07) is 11.6. The molecule has 0 saturated carbocycles. The fraction of sp³-hybridized carbons (Fsp3) is 0.515. The number of aliphatic imine (C=N–C) groups is 2. The number of carbonyl (C=O) groups excluding carboxylic acids is 2. The maximum Gasteiger partial charge on any atom is 0.261 e. The van der Waals surface area contributed by atoms with Crippen LogP contribution in [0.1, 0.15) is 49.7 Å². The van der Waals surface area contributed by atoms with Crippen LogP contribution in [-0.4, -0.2) is 90.7 Å². The van der Waals surface area contributed by atoms with Gasteiger partial charge in [-0.25, -0.2) is 9.98 Å². The number of halogens is 3. The van der Waals surface area contributed by atoms with Gasteiger partial charge in [0.2, 0.25) is 0 Å². The minimum Gasteiger partial charge on any atom is -0.487 e. The van der Waals surface area contributed by atoms with E-state index in [0.29, 0.717) is 45.0 Å². The Kier molecular flexibility index (Phi) is 11.1. The molecule has 0 bridgehead atoms. The molecule has 5 N–H and O–H groups in total. The molecule has 49 heavy (non-hydrogen) atoms. The Morgan fingerprint density at radius 1 is 0.755 bits per heavy atom. The molecule has 6 aliphatic rings. The van der Waals surface area contributed by atoms with Crippen LogP contribution in [0.2, 0.25) is 0 Å². The first-order valence-corrected chi connectivity index (χ1v) is 18.5. The van der Waals surface area contributed by atoms with Gasteiger partial charge in [0.05, 0.1) is 26.4 Å². The lowest BCUT2D eigenvalue weighted by Crippen LogP contribution is -2.53. The van der Waals surface area contributed by atoms with Gasteiger partial charge in [-0.2, -0.15) is 0 Å². The van der Waals surface area contributed by atoms with Crippen LogP contribution in [0, 0.1) is 0 Å². The molecular weight excluding hydrogens is 895 g/mol. The highest BCUT2D eigenvalue weighted by atomic mass is 127. The van der Waals surface area contributed by atoms with Gasteiger partial charge in [-0.1, -0.05) is 43.6 Å². The topological polar surface area (TPSA) is 163 Å². The van der Waals surface area contributed by atoms with Crippen molar-refractivity contribution in [3.63, 3.8) is 0 Å². The van der Waals surface area contributed by atoms with Crippen molar-refractivity contribution in [2.24, 2.45) is 15.7 Å². The lowest BCUT2D eigenvalue weighted by Gasteiger charge is -2.46. The van der Waals surface area contributed by atoms with Gasteiger partial charge < -0.3 is 30.8 Å². The molecule has 2 aromatic carbocycles. The molecule has 2 atom stereocenters. The van der Waals surface area contributed by atoms with Gasteiger partial charge in [-0.05, 0) is 42.7 Å². The largest absolute Gasteiger partial charge is 0.487 e. The molecule has 4 spiro atoms. The number of amides is 2. The number of ether oxygens (including phenoxy) is 4. The number of hydrogen-bond donors (Lipinski definition) is 2. The van der Waals surface area contributed by atoms with E-state index in [1.165, 1.54) is 16.7 Å². The molecule has 266 valence electrons. The van der Waals surface area contributed by atoms with E-state index in [4.69, 9.17) is 29.7 Å². The lowest BCUT2D eigenvalue weighted by atomic mass is 9.73. The van der Waals surface area contributed by atoms with Crippen LogP contribution in [0.3, 0.4) is 0 Å². The smallest absolute Gasteiger partial charge is 0.261 e. The van der Waals surface area contributed by atoms with E-state index in [1.54, 1.807) is 19.0 Å². The molecular formula is C33H41Br2IN6O6S. The molecule has 6 aliphatic heterocycles. The molecule has 2 aromatic rings. The molecule has 2 fully saturated rings. The Labute approximate surface area is 324 Å². The quantitative estimate of drug-likeness (QED) is 0.315. The summed E-state index contributed by atoms with van der Waals surface area (Å²) < 4.78 is 25.6. The number of guanidine groups is 1. The number of benzene rings is 2. The Hall–Kier alpha value is -1.96. The van der Waals surface area contributed by atoms with E-state index in [-0.39, 0.29) is 53.5 Å². The molecule has 6 heterocycles. The summed E-state index contributed by atoms with van der Waals surface area (Å²) >= 11 is 8.50. The summed E-state index contributed by atoms with van der Waals surface area (Å²) in [6.07, 6.45) is 6.08. The van der Waals surface area contributed by atoms with Crippen LogP contribution in [0.5, 0.6) is 11.5 Å². The monoisotopic (exact) mass is 934 g/mol. The molecule has 0 radical (unpaired) electrons. The first-order chi connectivity index (χ1) is 22.5. The van der Waals surface area contributed by atoms with Crippen molar-refractivity contribution in [3.05, 3.63) is 56.5 Å². The number of hydrogen-bond acceptors (Lipinski definition) is 11. The van der Waals surface area contributed by atoms with Crippen LogP contribution in [0.15, 0.2) is 55.3 Å². The fourth-order valence-corrected chi connectivity index (χ4v) is 8.97. The highest BCUT2D eigenvalue weighted by Gasteiger charge is 2.59. The molecule has 2 amide bonds. The van der Waals surface area contributed by atoms with E-state index in [0.717, 1.165) is 56.7 Å². The van der Waals surface area contributed by atoms with Gasteiger partial charge in [0.1, 0.15) is 22.7 Å². The molecule has 12 nitrogen and oxygen atoms in total. The third kappa shape index (κ3) is 6.41. The number of carbonyl (C=O) groups is 2. The van der Waals surface area contributed by atoms with Crippen LogP contribution in [-0.2, 0) is 30.1 Å². The van der Waals surface area contributed by atoms with E-state index < -0.39 is 16.7 Å². The Bertz CT molecular complexity index is 1700. The Morgan fingerprint density at radius 2 is 1.18 bits per heavy atom. The fourth-order valence-electron chi connectivity index (χ4n) is 7.65. The second-order valence-corrected chi connectivity index (χ2v) is 15.6. The summed E-state index contributed by atoms with van der Waals surface area (Å²) in [5.41, 5.74) is 4.91. The summed E-state index contributed by atoms with van der Waals surface area (Å²) in [6.45, 7) is 2.58. The van der Waals surface area contributed by atoms with E-state index >= 15 is 0 Å². The molecule has 2 unspecified atom stereocenters. The number of amidine groups is 1. The number of nitrogens with two attached hydrogens (primary N) is 1. The average Bonchev–Trinajstić information content (AvgIpc) is 3.42. The number of fused-ring (bicyclic) bond motifs is 4. The second-order valence-electron chi connectivity index (χ2n) is 12.9. The van der Waals surface area contributed by atoms with Crippen molar-refractivity contribution in [2.45, 2.75) is 60.8 Å². The zero-order valence-electron chi connectivity index (χ0n) is 27.6. The number of rotatable bonds is 0. The minimum absolute atomic E-state index is 0. The minimum atomic E-state index is -0.993. The average molecular weight is 937 g/mol. The van der Waals surface area contributed by atoms with Crippen molar-refractivity contribution in [2.75, 3.05) is 46.8 Å². The maximum atomic E-state index is 13.2. The summed E-state index contributed by atoms with van der Waals surface area (Å²) in [7, 11) is 3.47. The zero-order chi connectivity index (χ0) is 33.2. The first-order valence-electron chi connectivity index (χ1n) is 15.6. The predicted octanol–water partition coefficient (Wildman–Crippen LogP) is 5.71. The van der Waals surface area contributed by atoms with E-state index in [1.807, 2.05) is 42.7 Å². The van der Waals surface area contributed by atoms with Gasteiger partial charge in [-0.15, -0.1) is 24.0 Å². The Morgan fingerprint density at radius 3 is 1.57 bits per heavy atom. The van der Waals surface area contributed by atoms with Crippen molar-refractivity contribution in [1.29, 1.82) is 0 Å². The lowest BCUT2D eigenvalue weighted by molar-refractivity contribution is -0.137. The molecule has 2 saturated heterocycles. The van der Waals surface area contributed by atoms with Crippen molar-refractivity contribution in [3.8, 4) is 11.5 Å². The number of thioether (sulfide) groups is 1. The first kappa shape index (κ1) is 38.3. The van der Waals surface area contributed by atoms with E-state index in [2.05, 4.69) is 36.9 Å². The highest BCUT2D eigenvalue weighted by molar-refractivity contribution is 14.0. The van der Waals surface area contributed by atoms with Gasteiger partial charge in [0.25, 0.3) is 11.8 Å². The van der Waals surface area contributed by atoms with Crippen molar-refractivity contribution in [1.82, 2.24) is 16.0 Å². The normalized spacial score (nSPS) is 27.2. The summed E-state index contributed by atoms with van der Waals surface area (Å²) in [5.74, 6) is 1.66. The van der Waals surface area contributed by atoms with Crippen molar-refractivity contribution >= 4 is 90.5 Å². The van der Waals surface area contributed by atoms with Crippen LogP contribution >= 0.6 is 67.6 Å². The number of likely N-dealkylation sites (N-methyl/N-ethyl adjacent to an activating group) is 2. The molecule has 0 aromatic heterocycles. The van der Waals surface area contributed by atoms with E-state index in [9.17, 15) is 9.59 Å². The van der Waals surface area contributed by atoms with Gasteiger partial charge in [0.15, 0.2) is 22.2 Å². The molecule has 0 aliphatic carbocycles. The van der Waals surface area contributed by atoms with Crippen molar-refractivity contribution < 1.29 is 28.5 Å². The number of nitrogens with zero attached hydrogens (tertiary/aromatic N) is 4. The third-order valence-electron chi connectivity index (χ3n) is 10.1. The highest BCUT2D eigenvalue weighted by Crippen LogP contribution is 2.54. The second kappa shape index (κ2) is 14.2. The Balaban J connectivity index is 0.000000184. The summed E-state index contributed by atoms with van der Waals surface area (Å²) in [5, 5.41) is 0.759. The predicted molar refractivity (Wildman–Crippen MR) is 206 cm³/mol. The SMILES string of the molecule is CN1C(=O)C2(CC3(CCOCC3)Oc3ccc(Br)cc32)N=C1N.CSC1=NC2(CC3(CCOCC3)Oc3ccc(Br)cc32)C(=O)N1C.I.N. The molecule has 16 heteroatoms.